The average molecular weight is 297 g/mol. The smallest absolute Gasteiger partial charge is 0.0726 e. The molecule has 1 aromatic carbocycles. The highest BCUT2D eigenvalue weighted by Crippen LogP contribution is 2.33. The minimum Gasteiger partial charge on any atom is -0.383 e. The largest absolute Gasteiger partial charge is 0.383 e. The maximum absolute atomic E-state index is 6.25. The van der Waals surface area contributed by atoms with Crippen molar-refractivity contribution in [2.75, 3.05) is 11.9 Å². The monoisotopic (exact) mass is 297 g/mol. The number of aryl methyl sites for hydroxylation is 1. The third kappa shape index (κ3) is 3.25. The molecular formula is C19H27N3. The van der Waals surface area contributed by atoms with Gasteiger partial charge in [0.1, 0.15) is 0 Å². The number of pyridine rings is 1. The van der Waals surface area contributed by atoms with Crippen LogP contribution in [0.15, 0.2) is 24.3 Å². The van der Waals surface area contributed by atoms with Crippen molar-refractivity contribution in [1.29, 1.82) is 0 Å². The van der Waals surface area contributed by atoms with Gasteiger partial charge in [0.15, 0.2) is 0 Å². The molecule has 118 valence electrons. The molecule has 22 heavy (non-hydrogen) atoms. The molecule has 0 fully saturated rings. The summed E-state index contributed by atoms with van der Waals surface area (Å²) < 4.78 is 0. The van der Waals surface area contributed by atoms with Crippen molar-refractivity contribution in [2.24, 2.45) is 5.73 Å². The second-order valence-corrected chi connectivity index (χ2v) is 6.42. The fourth-order valence-electron chi connectivity index (χ4n) is 3.38. The Morgan fingerprint density at radius 1 is 1.23 bits per heavy atom. The molecule has 1 heterocycles. The molecule has 2 aromatic rings. The number of nitrogens with one attached hydrogen (secondary N) is 1. The molecule has 1 atom stereocenters. The van der Waals surface area contributed by atoms with Gasteiger partial charge in [0.05, 0.1) is 5.52 Å². The molecule has 0 saturated heterocycles. The van der Waals surface area contributed by atoms with Crippen molar-refractivity contribution >= 4 is 16.6 Å². The SMILES string of the molecule is CCCCC(N)CNc1c2c(nc3ccccc13)CCCC2. The highest BCUT2D eigenvalue weighted by molar-refractivity contribution is 5.93. The molecule has 0 radical (unpaired) electrons. The lowest BCUT2D eigenvalue weighted by molar-refractivity contribution is 0.595. The van der Waals surface area contributed by atoms with E-state index in [-0.39, 0.29) is 6.04 Å². The van der Waals surface area contributed by atoms with E-state index in [1.165, 1.54) is 48.0 Å². The Kier molecular flexibility index (Phi) is 4.94. The summed E-state index contributed by atoms with van der Waals surface area (Å²) in [6, 6.07) is 8.69. The van der Waals surface area contributed by atoms with Crippen LogP contribution in [0, 0.1) is 0 Å². The number of fused-ring (bicyclic) bond motifs is 2. The van der Waals surface area contributed by atoms with E-state index in [9.17, 15) is 0 Å². The first kappa shape index (κ1) is 15.3. The van der Waals surface area contributed by atoms with Crippen LogP contribution in [-0.4, -0.2) is 17.6 Å². The van der Waals surface area contributed by atoms with Crippen LogP contribution in [0.2, 0.25) is 0 Å². The Morgan fingerprint density at radius 3 is 2.91 bits per heavy atom. The van der Waals surface area contributed by atoms with E-state index in [0.29, 0.717) is 0 Å². The second kappa shape index (κ2) is 7.10. The normalized spacial score (nSPS) is 15.5. The van der Waals surface area contributed by atoms with Crippen molar-refractivity contribution in [2.45, 2.75) is 57.9 Å². The summed E-state index contributed by atoms with van der Waals surface area (Å²) in [6.45, 7) is 3.06. The zero-order valence-electron chi connectivity index (χ0n) is 13.6. The first-order valence-electron chi connectivity index (χ1n) is 8.69. The van der Waals surface area contributed by atoms with Crippen molar-refractivity contribution in [3.63, 3.8) is 0 Å². The standard InChI is InChI=1S/C19H27N3/c1-2-3-8-14(20)13-21-19-15-9-4-6-11-17(15)22-18-12-7-5-10-16(18)19/h4,6,9,11,14H,2-3,5,7-8,10,12-13,20H2,1H3,(H,21,22). The van der Waals surface area contributed by atoms with Gasteiger partial charge in [0.25, 0.3) is 0 Å². The quantitative estimate of drug-likeness (QED) is 0.846. The van der Waals surface area contributed by atoms with Gasteiger partial charge in [0.2, 0.25) is 0 Å². The van der Waals surface area contributed by atoms with Crippen LogP contribution in [0.25, 0.3) is 10.9 Å². The first-order chi connectivity index (χ1) is 10.8. The molecule has 3 nitrogen and oxygen atoms in total. The molecule has 0 saturated carbocycles. The number of unbranched alkanes of at least 4 members (excludes halogenated alkanes) is 1. The fraction of sp³-hybridized carbons (Fsp3) is 0.526. The molecule has 0 spiro atoms. The molecule has 3 rings (SSSR count). The van der Waals surface area contributed by atoms with E-state index >= 15 is 0 Å². The van der Waals surface area contributed by atoms with Gasteiger partial charge >= 0.3 is 0 Å². The highest BCUT2D eigenvalue weighted by Gasteiger charge is 2.18. The number of hydrogen-bond donors (Lipinski definition) is 2. The topological polar surface area (TPSA) is 50.9 Å². The first-order valence-corrected chi connectivity index (χ1v) is 8.69. The van der Waals surface area contributed by atoms with Crippen LogP contribution < -0.4 is 11.1 Å². The Morgan fingerprint density at radius 2 is 2.05 bits per heavy atom. The fourth-order valence-corrected chi connectivity index (χ4v) is 3.38. The summed E-state index contributed by atoms with van der Waals surface area (Å²) in [5.41, 5.74) is 11.3. The third-order valence-corrected chi connectivity index (χ3v) is 4.64. The van der Waals surface area contributed by atoms with E-state index in [1.54, 1.807) is 0 Å². The number of nitrogens with two attached hydrogens (primary N) is 1. The predicted molar refractivity (Wildman–Crippen MR) is 94.4 cm³/mol. The van der Waals surface area contributed by atoms with Gasteiger partial charge in [-0.15, -0.1) is 0 Å². The second-order valence-electron chi connectivity index (χ2n) is 6.42. The minimum atomic E-state index is 0.228. The van der Waals surface area contributed by atoms with E-state index < -0.39 is 0 Å². The maximum atomic E-state index is 6.25. The van der Waals surface area contributed by atoms with Crippen LogP contribution in [0.4, 0.5) is 5.69 Å². The van der Waals surface area contributed by atoms with E-state index in [1.807, 2.05) is 0 Å². The van der Waals surface area contributed by atoms with Crippen LogP contribution in [0.3, 0.4) is 0 Å². The lowest BCUT2D eigenvalue weighted by atomic mass is 9.92. The Hall–Kier alpha value is -1.61. The molecule has 3 heteroatoms. The van der Waals surface area contributed by atoms with Gasteiger partial charge in [-0.25, -0.2) is 0 Å². The lowest BCUT2D eigenvalue weighted by Crippen LogP contribution is -2.29. The van der Waals surface area contributed by atoms with Gasteiger partial charge in [0, 0.05) is 29.4 Å². The Bertz CT molecular complexity index is 636. The molecule has 0 aliphatic heterocycles. The summed E-state index contributed by atoms with van der Waals surface area (Å²) >= 11 is 0. The summed E-state index contributed by atoms with van der Waals surface area (Å²) in [5, 5.41) is 4.90. The summed E-state index contributed by atoms with van der Waals surface area (Å²) in [6.07, 6.45) is 8.28. The van der Waals surface area contributed by atoms with E-state index in [4.69, 9.17) is 10.7 Å². The maximum Gasteiger partial charge on any atom is 0.0726 e. The van der Waals surface area contributed by atoms with Crippen LogP contribution in [-0.2, 0) is 12.8 Å². The van der Waals surface area contributed by atoms with Crippen LogP contribution in [0.1, 0.15) is 50.3 Å². The van der Waals surface area contributed by atoms with Crippen molar-refractivity contribution in [3.8, 4) is 0 Å². The molecule has 0 bridgehead atoms. The molecule has 1 aliphatic rings. The molecule has 1 unspecified atom stereocenters. The van der Waals surface area contributed by atoms with Crippen molar-refractivity contribution < 1.29 is 0 Å². The number of rotatable bonds is 6. The van der Waals surface area contributed by atoms with Crippen LogP contribution in [0.5, 0.6) is 0 Å². The number of nitrogens with zero attached hydrogens (tertiary/aromatic N) is 1. The highest BCUT2D eigenvalue weighted by atomic mass is 14.9. The van der Waals surface area contributed by atoms with E-state index in [0.717, 1.165) is 31.3 Å². The number of hydrogen-bond acceptors (Lipinski definition) is 3. The minimum absolute atomic E-state index is 0.228. The van der Waals surface area contributed by atoms with Gasteiger partial charge in [-0.2, -0.15) is 0 Å². The Labute approximate surface area is 133 Å². The number of anilines is 1. The summed E-state index contributed by atoms with van der Waals surface area (Å²) in [4.78, 5) is 4.88. The molecule has 1 aromatic heterocycles. The third-order valence-electron chi connectivity index (χ3n) is 4.64. The van der Waals surface area contributed by atoms with Gasteiger partial charge in [-0.1, -0.05) is 38.0 Å². The van der Waals surface area contributed by atoms with Crippen molar-refractivity contribution in [1.82, 2.24) is 4.98 Å². The predicted octanol–water partition coefficient (Wildman–Crippen LogP) is 4.04. The molecule has 0 amide bonds. The number of para-hydroxylation sites is 1. The zero-order valence-corrected chi connectivity index (χ0v) is 13.6. The average Bonchev–Trinajstić information content (AvgIpc) is 2.56. The van der Waals surface area contributed by atoms with Crippen molar-refractivity contribution in [3.05, 3.63) is 35.5 Å². The summed E-state index contributed by atoms with van der Waals surface area (Å²) in [7, 11) is 0. The molecular weight excluding hydrogens is 270 g/mol. The van der Waals surface area contributed by atoms with E-state index in [2.05, 4.69) is 36.5 Å². The Balaban J connectivity index is 1.89. The van der Waals surface area contributed by atoms with Crippen LogP contribution >= 0.6 is 0 Å². The molecule has 3 N–H and O–H groups in total. The van der Waals surface area contributed by atoms with Gasteiger partial charge in [-0.3, -0.25) is 4.98 Å². The number of benzene rings is 1. The zero-order chi connectivity index (χ0) is 15.4. The van der Waals surface area contributed by atoms with Gasteiger partial charge in [-0.05, 0) is 43.7 Å². The van der Waals surface area contributed by atoms with Gasteiger partial charge < -0.3 is 11.1 Å². The number of aromatic nitrogens is 1. The lowest BCUT2D eigenvalue weighted by Gasteiger charge is -2.23. The molecule has 1 aliphatic carbocycles. The summed E-state index contributed by atoms with van der Waals surface area (Å²) in [5.74, 6) is 0.